The molecule has 0 aliphatic carbocycles. The summed E-state index contributed by atoms with van der Waals surface area (Å²) in [6.45, 7) is 2.94. The molecule has 0 aliphatic rings. The molecule has 88 valence electrons. The van der Waals surface area contributed by atoms with Gasteiger partial charge in [0.1, 0.15) is 0 Å². The molecule has 0 aromatic heterocycles. The van der Waals surface area contributed by atoms with E-state index in [1.807, 2.05) is 6.07 Å². The largest absolute Gasteiger partial charge is 0.381 e. The SMILES string of the molecule is Cc1c(Br)cccc1NCc1ccc(Br)cc1. The highest BCUT2D eigenvalue weighted by molar-refractivity contribution is 9.10. The predicted molar refractivity (Wildman–Crippen MR) is 80.3 cm³/mol. The lowest BCUT2D eigenvalue weighted by atomic mass is 10.2. The first-order valence-electron chi connectivity index (χ1n) is 5.40. The average molecular weight is 355 g/mol. The minimum absolute atomic E-state index is 0.838. The Hall–Kier alpha value is -0.800. The summed E-state index contributed by atoms with van der Waals surface area (Å²) in [5.41, 5.74) is 3.68. The highest BCUT2D eigenvalue weighted by Crippen LogP contribution is 2.24. The second-order valence-corrected chi connectivity index (χ2v) is 5.66. The standard InChI is InChI=1S/C14H13Br2N/c1-10-13(16)3-2-4-14(10)17-9-11-5-7-12(15)8-6-11/h2-8,17H,9H2,1H3. The maximum atomic E-state index is 3.54. The van der Waals surface area contributed by atoms with E-state index in [1.54, 1.807) is 0 Å². The summed E-state index contributed by atoms with van der Waals surface area (Å²) in [6.07, 6.45) is 0. The minimum Gasteiger partial charge on any atom is -0.381 e. The first kappa shape index (κ1) is 12.7. The van der Waals surface area contributed by atoms with Crippen molar-refractivity contribution in [2.75, 3.05) is 5.32 Å². The van der Waals surface area contributed by atoms with Crippen molar-refractivity contribution >= 4 is 37.5 Å². The van der Waals surface area contributed by atoms with Crippen molar-refractivity contribution < 1.29 is 0 Å². The normalized spacial score (nSPS) is 10.3. The summed E-state index contributed by atoms with van der Waals surface area (Å²) < 4.78 is 2.25. The Morgan fingerprint density at radius 1 is 1.00 bits per heavy atom. The minimum atomic E-state index is 0.838. The highest BCUT2D eigenvalue weighted by Gasteiger charge is 2.01. The number of rotatable bonds is 3. The molecular formula is C14H13Br2N. The number of hydrogen-bond acceptors (Lipinski definition) is 1. The van der Waals surface area contributed by atoms with Crippen LogP contribution in [0, 0.1) is 6.92 Å². The number of nitrogens with one attached hydrogen (secondary N) is 1. The van der Waals surface area contributed by atoms with Gasteiger partial charge in [-0.25, -0.2) is 0 Å². The lowest BCUT2D eigenvalue weighted by Crippen LogP contribution is -2.00. The van der Waals surface area contributed by atoms with Crippen LogP contribution in [-0.4, -0.2) is 0 Å². The lowest BCUT2D eigenvalue weighted by Gasteiger charge is -2.10. The van der Waals surface area contributed by atoms with Crippen molar-refractivity contribution in [2.45, 2.75) is 13.5 Å². The van der Waals surface area contributed by atoms with Crippen molar-refractivity contribution in [1.82, 2.24) is 0 Å². The summed E-state index contributed by atoms with van der Waals surface area (Å²) in [5.74, 6) is 0. The third-order valence-electron chi connectivity index (χ3n) is 2.66. The zero-order valence-electron chi connectivity index (χ0n) is 9.50. The molecule has 0 saturated carbocycles. The van der Waals surface area contributed by atoms with Gasteiger partial charge in [0, 0.05) is 21.2 Å². The fourth-order valence-electron chi connectivity index (χ4n) is 1.60. The molecule has 0 atom stereocenters. The molecule has 3 heteroatoms. The van der Waals surface area contributed by atoms with E-state index in [4.69, 9.17) is 0 Å². The average Bonchev–Trinajstić information content (AvgIpc) is 2.33. The Kier molecular flexibility index (Phi) is 4.24. The molecule has 0 saturated heterocycles. The van der Waals surface area contributed by atoms with Gasteiger partial charge >= 0.3 is 0 Å². The zero-order chi connectivity index (χ0) is 12.3. The fourth-order valence-corrected chi connectivity index (χ4v) is 2.23. The van der Waals surface area contributed by atoms with Crippen molar-refractivity contribution in [1.29, 1.82) is 0 Å². The van der Waals surface area contributed by atoms with Crippen LogP contribution < -0.4 is 5.32 Å². The van der Waals surface area contributed by atoms with Gasteiger partial charge in [0.05, 0.1) is 0 Å². The van der Waals surface area contributed by atoms with E-state index < -0.39 is 0 Å². The Morgan fingerprint density at radius 2 is 1.71 bits per heavy atom. The van der Waals surface area contributed by atoms with E-state index in [2.05, 4.69) is 80.5 Å². The van der Waals surface area contributed by atoms with Crippen molar-refractivity contribution in [3.63, 3.8) is 0 Å². The van der Waals surface area contributed by atoms with E-state index in [0.717, 1.165) is 15.5 Å². The van der Waals surface area contributed by atoms with Crippen molar-refractivity contribution in [3.8, 4) is 0 Å². The molecular weight excluding hydrogens is 342 g/mol. The van der Waals surface area contributed by atoms with Gasteiger partial charge in [0.25, 0.3) is 0 Å². The quantitative estimate of drug-likeness (QED) is 0.805. The smallest absolute Gasteiger partial charge is 0.0400 e. The molecule has 17 heavy (non-hydrogen) atoms. The summed E-state index contributed by atoms with van der Waals surface area (Å²) >= 11 is 6.97. The van der Waals surface area contributed by atoms with Gasteiger partial charge in [-0.1, -0.05) is 50.1 Å². The molecule has 2 aromatic carbocycles. The van der Waals surface area contributed by atoms with Crippen LogP contribution >= 0.6 is 31.9 Å². The van der Waals surface area contributed by atoms with Crippen LogP contribution in [0.25, 0.3) is 0 Å². The molecule has 0 aliphatic heterocycles. The molecule has 0 bridgehead atoms. The van der Waals surface area contributed by atoms with Gasteiger partial charge in [0.15, 0.2) is 0 Å². The Labute approximate surface area is 119 Å². The van der Waals surface area contributed by atoms with Crippen LogP contribution in [0.4, 0.5) is 5.69 Å². The third kappa shape index (κ3) is 3.33. The van der Waals surface area contributed by atoms with Crippen LogP contribution in [0.3, 0.4) is 0 Å². The first-order valence-corrected chi connectivity index (χ1v) is 6.99. The van der Waals surface area contributed by atoms with E-state index >= 15 is 0 Å². The van der Waals surface area contributed by atoms with Gasteiger partial charge in [-0.05, 0) is 42.3 Å². The Balaban J connectivity index is 2.07. The third-order valence-corrected chi connectivity index (χ3v) is 4.05. The molecule has 2 rings (SSSR count). The molecule has 0 spiro atoms. The summed E-state index contributed by atoms with van der Waals surface area (Å²) in [7, 11) is 0. The number of halogens is 2. The Bertz CT molecular complexity index is 506. The zero-order valence-corrected chi connectivity index (χ0v) is 12.7. The monoisotopic (exact) mass is 353 g/mol. The van der Waals surface area contributed by atoms with Gasteiger partial charge in [-0.2, -0.15) is 0 Å². The van der Waals surface area contributed by atoms with Crippen LogP contribution in [0.15, 0.2) is 51.4 Å². The molecule has 1 N–H and O–H groups in total. The fraction of sp³-hybridized carbons (Fsp3) is 0.143. The topological polar surface area (TPSA) is 12.0 Å². The summed E-state index contributed by atoms with van der Waals surface area (Å²) in [4.78, 5) is 0. The molecule has 0 heterocycles. The van der Waals surface area contributed by atoms with Crippen LogP contribution in [-0.2, 0) is 6.54 Å². The van der Waals surface area contributed by atoms with E-state index in [1.165, 1.54) is 16.8 Å². The molecule has 0 amide bonds. The van der Waals surface area contributed by atoms with Gasteiger partial charge in [-0.3, -0.25) is 0 Å². The van der Waals surface area contributed by atoms with Crippen LogP contribution in [0.5, 0.6) is 0 Å². The van der Waals surface area contributed by atoms with Crippen molar-refractivity contribution in [3.05, 3.63) is 62.5 Å². The molecule has 2 aromatic rings. The van der Waals surface area contributed by atoms with Crippen molar-refractivity contribution in [2.24, 2.45) is 0 Å². The van der Waals surface area contributed by atoms with Gasteiger partial charge < -0.3 is 5.32 Å². The molecule has 0 radical (unpaired) electrons. The second kappa shape index (κ2) is 5.69. The van der Waals surface area contributed by atoms with Crippen LogP contribution in [0.2, 0.25) is 0 Å². The molecule has 0 fully saturated rings. The first-order chi connectivity index (χ1) is 8.16. The number of anilines is 1. The maximum Gasteiger partial charge on any atom is 0.0400 e. The maximum absolute atomic E-state index is 3.54. The van der Waals surface area contributed by atoms with E-state index in [-0.39, 0.29) is 0 Å². The van der Waals surface area contributed by atoms with Gasteiger partial charge in [-0.15, -0.1) is 0 Å². The second-order valence-electron chi connectivity index (χ2n) is 3.89. The Morgan fingerprint density at radius 3 is 2.41 bits per heavy atom. The van der Waals surface area contributed by atoms with Gasteiger partial charge in [0.2, 0.25) is 0 Å². The lowest BCUT2D eigenvalue weighted by molar-refractivity contribution is 1.14. The summed E-state index contributed by atoms with van der Waals surface area (Å²) in [6, 6.07) is 14.5. The number of benzene rings is 2. The number of hydrogen-bond donors (Lipinski definition) is 1. The van der Waals surface area contributed by atoms with Crippen LogP contribution in [0.1, 0.15) is 11.1 Å². The van der Waals surface area contributed by atoms with E-state index in [0.29, 0.717) is 0 Å². The summed E-state index contributed by atoms with van der Waals surface area (Å²) in [5, 5.41) is 3.44. The highest BCUT2D eigenvalue weighted by atomic mass is 79.9. The predicted octanol–water partition coefficient (Wildman–Crippen LogP) is 5.13. The molecule has 1 nitrogen and oxygen atoms in total. The molecule has 0 unspecified atom stereocenters. The van der Waals surface area contributed by atoms with E-state index in [9.17, 15) is 0 Å².